The van der Waals surface area contributed by atoms with Crippen LogP contribution in [0.1, 0.15) is 43.5 Å². The van der Waals surface area contributed by atoms with Crippen LogP contribution in [0, 0.1) is 0 Å². The molecule has 0 fully saturated rings. The molecule has 3 nitrogen and oxygen atoms in total. The van der Waals surface area contributed by atoms with E-state index in [9.17, 15) is 4.39 Å². The molecule has 1 atom stereocenters. The summed E-state index contributed by atoms with van der Waals surface area (Å²) in [5, 5.41) is 0. The minimum Gasteiger partial charge on any atom is -0.490 e. The van der Waals surface area contributed by atoms with Gasteiger partial charge in [-0.2, -0.15) is 0 Å². The summed E-state index contributed by atoms with van der Waals surface area (Å²) in [7, 11) is 0. The summed E-state index contributed by atoms with van der Waals surface area (Å²) in [6, 6.07) is 3.73. The molecule has 19 heavy (non-hydrogen) atoms. The van der Waals surface area contributed by atoms with Gasteiger partial charge in [-0.05, 0) is 56.0 Å². The first-order valence-corrected chi connectivity index (χ1v) is 6.99. The van der Waals surface area contributed by atoms with Crippen LogP contribution in [0.5, 0.6) is 11.5 Å². The smallest absolute Gasteiger partial charge is 0.161 e. The number of ether oxygens (including phenoxy) is 2. The number of benzene rings is 1. The van der Waals surface area contributed by atoms with E-state index < -0.39 is 6.17 Å². The number of unbranched alkanes of at least 4 members (excludes halogenated alkanes) is 1. The zero-order valence-corrected chi connectivity index (χ0v) is 11.5. The van der Waals surface area contributed by atoms with E-state index in [4.69, 9.17) is 15.2 Å². The van der Waals surface area contributed by atoms with Crippen LogP contribution in [0.4, 0.5) is 4.39 Å². The standard InChI is InChI=1S/C15H22FNO2/c1-11(16)13-10-15-14(18-7-4-8-19-15)9-12(13)5-2-3-6-17/h9-11H,2-8,17H2,1H3. The monoisotopic (exact) mass is 267 g/mol. The van der Waals surface area contributed by atoms with Crippen molar-refractivity contribution < 1.29 is 13.9 Å². The quantitative estimate of drug-likeness (QED) is 0.833. The van der Waals surface area contributed by atoms with E-state index in [-0.39, 0.29) is 0 Å². The molecule has 0 bridgehead atoms. The summed E-state index contributed by atoms with van der Waals surface area (Å²) >= 11 is 0. The van der Waals surface area contributed by atoms with Gasteiger partial charge in [0.15, 0.2) is 11.5 Å². The van der Waals surface area contributed by atoms with Gasteiger partial charge in [0.25, 0.3) is 0 Å². The van der Waals surface area contributed by atoms with Gasteiger partial charge in [-0.25, -0.2) is 4.39 Å². The fourth-order valence-electron chi connectivity index (χ4n) is 2.31. The summed E-state index contributed by atoms with van der Waals surface area (Å²) in [6.45, 7) is 3.51. The Balaban J connectivity index is 2.26. The predicted molar refractivity (Wildman–Crippen MR) is 73.6 cm³/mol. The van der Waals surface area contributed by atoms with Gasteiger partial charge in [0, 0.05) is 6.42 Å². The van der Waals surface area contributed by atoms with Gasteiger partial charge in [-0.1, -0.05) is 0 Å². The van der Waals surface area contributed by atoms with Crippen LogP contribution in [0.3, 0.4) is 0 Å². The van der Waals surface area contributed by atoms with Crippen molar-refractivity contribution in [1.82, 2.24) is 0 Å². The molecule has 0 saturated carbocycles. The van der Waals surface area contributed by atoms with Crippen molar-refractivity contribution in [2.45, 2.75) is 38.8 Å². The Morgan fingerprint density at radius 2 is 1.89 bits per heavy atom. The highest BCUT2D eigenvalue weighted by Crippen LogP contribution is 2.36. The third kappa shape index (κ3) is 3.60. The molecular weight excluding hydrogens is 245 g/mol. The summed E-state index contributed by atoms with van der Waals surface area (Å²) in [6.07, 6.45) is 2.62. The Morgan fingerprint density at radius 3 is 2.53 bits per heavy atom. The lowest BCUT2D eigenvalue weighted by Gasteiger charge is -2.15. The van der Waals surface area contributed by atoms with Crippen molar-refractivity contribution in [3.05, 3.63) is 23.3 Å². The first-order chi connectivity index (χ1) is 9.22. The average molecular weight is 267 g/mol. The molecule has 106 valence electrons. The second-order valence-corrected chi connectivity index (χ2v) is 4.91. The molecule has 0 aromatic heterocycles. The van der Waals surface area contributed by atoms with Gasteiger partial charge in [0.1, 0.15) is 6.17 Å². The van der Waals surface area contributed by atoms with Crippen molar-refractivity contribution in [2.75, 3.05) is 19.8 Å². The van der Waals surface area contributed by atoms with Crippen LogP contribution in [-0.2, 0) is 6.42 Å². The maximum atomic E-state index is 13.8. The Bertz CT molecular complexity index is 421. The Hall–Kier alpha value is -1.29. The molecule has 1 aromatic carbocycles. The van der Waals surface area contributed by atoms with Gasteiger partial charge in [0.2, 0.25) is 0 Å². The van der Waals surface area contributed by atoms with E-state index in [0.717, 1.165) is 37.0 Å². The number of alkyl halides is 1. The molecule has 1 heterocycles. The van der Waals surface area contributed by atoms with E-state index in [1.807, 2.05) is 6.07 Å². The second kappa shape index (κ2) is 6.75. The molecule has 0 radical (unpaired) electrons. The van der Waals surface area contributed by atoms with E-state index in [2.05, 4.69) is 0 Å². The molecule has 0 aliphatic carbocycles. The lowest BCUT2D eigenvalue weighted by Crippen LogP contribution is -2.02. The van der Waals surface area contributed by atoms with Gasteiger partial charge >= 0.3 is 0 Å². The van der Waals surface area contributed by atoms with Gasteiger partial charge < -0.3 is 15.2 Å². The molecule has 1 aromatic rings. The number of hydrogen-bond donors (Lipinski definition) is 1. The highest BCUT2D eigenvalue weighted by Gasteiger charge is 2.17. The molecule has 0 amide bonds. The number of fused-ring (bicyclic) bond motifs is 1. The maximum absolute atomic E-state index is 13.8. The normalized spacial score (nSPS) is 15.9. The third-order valence-electron chi connectivity index (χ3n) is 3.34. The first kappa shape index (κ1) is 14.1. The van der Waals surface area contributed by atoms with Crippen molar-refractivity contribution >= 4 is 0 Å². The van der Waals surface area contributed by atoms with Crippen LogP contribution in [0.25, 0.3) is 0 Å². The number of rotatable bonds is 5. The molecule has 2 N–H and O–H groups in total. The molecule has 0 saturated heterocycles. The fraction of sp³-hybridized carbons (Fsp3) is 0.600. The summed E-state index contributed by atoms with van der Waals surface area (Å²) in [4.78, 5) is 0. The molecule has 4 heteroatoms. The van der Waals surface area contributed by atoms with Crippen LogP contribution >= 0.6 is 0 Å². The van der Waals surface area contributed by atoms with E-state index in [1.165, 1.54) is 0 Å². The Kier molecular flexibility index (Phi) is 5.02. The minimum absolute atomic E-state index is 0.625. The topological polar surface area (TPSA) is 44.5 Å². The maximum Gasteiger partial charge on any atom is 0.161 e. The van der Waals surface area contributed by atoms with Gasteiger partial charge in [-0.15, -0.1) is 0 Å². The minimum atomic E-state index is -0.995. The SMILES string of the molecule is CC(F)c1cc2c(cc1CCCCN)OCCCO2. The number of aryl methyl sites for hydroxylation is 1. The summed E-state index contributed by atoms with van der Waals surface area (Å²) in [5.41, 5.74) is 7.22. The second-order valence-electron chi connectivity index (χ2n) is 4.91. The van der Waals surface area contributed by atoms with Crippen LogP contribution in [-0.4, -0.2) is 19.8 Å². The van der Waals surface area contributed by atoms with Crippen LogP contribution < -0.4 is 15.2 Å². The molecule has 1 aliphatic heterocycles. The van der Waals surface area contributed by atoms with E-state index in [1.54, 1.807) is 13.0 Å². The molecule has 1 unspecified atom stereocenters. The van der Waals surface area contributed by atoms with Crippen molar-refractivity contribution in [3.63, 3.8) is 0 Å². The molecule has 2 rings (SSSR count). The van der Waals surface area contributed by atoms with Crippen molar-refractivity contribution in [2.24, 2.45) is 5.73 Å². The van der Waals surface area contributed by atoms with Gasteiger partial charge in [-0.3, -0.25) is 0 Å². The number of hydrogen-bond acceptors (Lipinski definition) is 3. The summed E-state index contributed by atoms with van der Waals surface area (Å²) < 4.78 is 25.0. The number of nitrogens with two attached hydrogens (primary N) is 1. The van der Waals surface area contributed by atoms with Gasteiger partial charge in [0.05, 0.1) is 13.2 Å². The Morgan fingerprint density at radius 1 is 1.21 bits per heavy atom. The highest BCUT2D eigenvalue weighted by molar-refractivity contribution is 5.48. The van der Waals surface area contributed by atoms with Crippen LogP contribution in [0.2, 0.25) is 0 Å². The summed E-state index contributed by atoms with van der Waals surface area (Å²) in [5.74, 6) is 1.41. The third-order valence-corrected chi connectivity index (χ3v) is 3.34. The molecule has 0 spiro atoms. The lowest BCUT2D eigenvalue weighted by atomic mass is 9.98. The zero-order valence-electron chi connectivity index (χ0n) is 11.5. The highest BCUT2D eigenvalue weighted by atomic mass is 19.1. The van der Waals surface area contributed by atoms with Crippen molar-refractivity contribution in [3.8, 4) is 11.5 Å². The zero-order chi connectivity index (χ0) is 13.7. The first-order valence-electron chi connectivity index (χ1n) is 6.99. The number of halogens is 1. The average Bonchev–Trinajstić information content (AvgIpc) is 2.62. The van der Waals surface area contributed by atoms with Crippen molar-refractivity contribution in [1.29, 1.82) is 0 Å². The lowest BCUT2D eigenvalue weighted by molar-refractivity contribution is 0.296. The fourth-order valence-corrected chi connectivity index (χ4v) is 2.31. The van der Waals surface area contributed by atoms with E-state index in [0.29, 0.717) is 31.1 Å². The van der Waals surface area contributed by atoms with E-state index >= 15 is 0 Å². The Labute approximate surface area is 113 Å². The predicted octanol–water partition coefficient (Wildman–Crippen LogP) is 3.16. The van der Waals surface area contributed by atoms with Crippen LogP contribution in [0.15, 0.2) is 12.1 Å². The molecular formula is C15H22FNO2. The largest absolute Gasteiger partial charge is 0.490 e. The molecule has 1 aliphatic rings.